The second-order valence-corrected chi connectivity index (χ2v) is 3.99. The molecule has 0 radical (unpaired) electrons. The molecule has 0 fully saturated rings. The quantitative estimate of drug-likeness (QED) is 0.698. The lowest BCUT2D eigenvalue weighted by atomic mass is 10.2. The van der Waals surface area contributed by atoms with Crippen LogP contribution >= 0.6 is 0 Å². The smallest absolute Gasteiger partial charge is 0.163 e. The van der Waals surface area contributed by atoms with Gasteiger partial charge in [0.25, 0.3) is 0 Å². The van der Waals surface area contributed by atoms with Crippen LogP contribution in [0.4, 0.5) is 0 Å². The lowest BCUT2D eigenvalue weighted by Gasteiger charge is -2.06. The molecule has 0 bridgehead atoms. The summed E-state index contributed by atoms with van der Waals surface area (Å²) in [4.78, 5) is 4.31. The van der Waals surface area contributed by atoms with E-state index >= 15 is 0 Å². The van der Waals surface area contributed by atoms with E-state index < -0.39 is 0 Å². The first-order valence-corrected chi connectivity index (χ1v) is 5.85. The van der Waals surface area contributed by atoms with E-state index in [4.69, 9.17) is 5.26 Å². The molecule has 0 aliphatic carbocycles. The van der Waals surface area contributed by atoms with E-state index in [2.05, 4.69) is 16.2 Å². The van der Waals surface area contributed by atoms with Crippen LogP contribution in [0.1, 0.15) is 5.69 Å². The summed E-state index contributed by atoms with van der Waals surface area (Å²) >= 11 is 0. The summed E-state index contributed by atoms with van der Waals surface area (Å²) < 4.78 is 1.74. The van der Waals surface area contributed by atoms with Crippen LogP contribution in [0.2, 0.25) is 0 Å². The first-order valence-electron chi connectivity index (χ1n) is 5.85. The molecule has 19 heavy (non-hydrogen) atoms. The highest BCUT2D eigenvalue weighted by Crippen LogP contribution is 2.21. The van der Waals surface area contributed by atoms with Gasteiger partial charge in [-0.25, -0.2) is 4.68 Å². The highest BCUT2D eigenvalue weighted by molar-refractivity contribution is 5.59. The molecule has 0 N–H and O–H groups in total. The molecule has 0 unspecified atom stereocenters. The molecule has 0 spiro atoms. The molecule has 3 aromatic rings. The summed E-state index contributed by atoms with van der Waals surface area (Å²) in [5, 5.41) is 13.3. The third kappa shape index (κ3) is 2.09. The van der Waals surface area contributed by atoms with Gasteiger partial charge in [-0.05, 0) is 24.3 Å². The molecule has 4 heteroatoms. The van der Waals surface area contributed by atoms with Crippen molar-refractivity contribution in [3.05, 3.63) is 66.5 Å². The number of aromatic nitrogens is 3. The van der Waals surface area contributed by atoms with Crippen LogP contribution < -0.4 is 0 Å². The van der Waals surface area contributed by atoms with Crippen LogP contribution in [0, 0.1) is 11.3 Å². The Morgan fingerprint density at radius 2 is 1.79 bits per heavy atom. The van der Waals surface area contributed by atoms with Gasteiger partial charge in [0.2, 0.25) is 0 Å². The summed E-state index contributed by atoms with van der Waals surface area (Å²) in [6, 6.07) is 19.2. The minimum atomic E-state index is 0.379. The number of benzene rings is 1. The van der Waals surface area contributed by atoms with Gasteiger partial charge in [-0.15, -0.1) is 0 Å². The lowest BCUT2D eigenvalue weighted by Crippen LogP contribution is -1.99. The van der Waals surface area contributed by atoms with Crippen LogP contribution in [0.5, 0.6) is 0 Å². The third-order valence-corrected chi connectivity index (χ3v) is 2.75. The van der Waals surface area contributed by atoms with Crippen LogP contribution in [-0.2, 0) is 0 Å². The molecule has 1 aromatic carbocycles. The Bertz CT molecular complexity index is 667. The first kappa shape index (κ1) is 11.2. The Balaban J connectivity index is 2.20. The second kappa shape index (κ2) is 4.75. The predicted molar refractivity (Wildman–Crippen MR) is 71.5 cm³/mol. The first-order chi connectivity index (χ1) is 9.38. The average Bonchev–Trinajstić information content (AvgIpc) is 2.93. The Kier molecular flexibility index (Phi) is 2.79. The molecule has 0 amide bonds. The summed E-state index contributed by atoms with van der Waals surface area (Å²) in [5.74, 6) is 0. The van der Waals surface area contributed by atoms with Crippen molar-refractivity contribution < 1.29 is 0 Å². The number of nitriles is 1. The summed E-state index contributed by atoms with van der Waals surface area (Å²) in [6.45, 7) is 0. The molecule has 4 nitrogen and oxygen atoms in total. The van der Waals surface area contributed by atoms with Crippen molar-refractivity contribution in [1.29, 1.82) is 5.26 Å². The summed E-state index contributed by atoms with van der Waals surface area (Å²) in [5.41, 5.74) is 2.89. The van der Waals surface area contributed by atoms with Gasteiger partial charge < -0.3 is 0 Å². The van der Waals surface area contributed by atoms with Crippen molar-refractivity contribution in [2.45, 2.75) is 0 Å². The van der Waals surface area contributed by atoms with Gasteiger partial charge in [0, 0.05) is 12.3 Å². The monoisotopic (exact) mass is 246 g/mol. The fourth-order valence-corrected chi connectivity index (χ4v) is 1.90. The van der Waals surface area contributed by atoms with E-state index in [0.717, 1.165) is 17.1 Å². The van der Waals surface area contributed by atoms with Gasteiger partial charge in [0.15, 0.2) is 5.69 Å². The molecule has 0 atom stereocenters. The van der Waals surface area contributed by atoms with Crippen LogP contribution in [0.25, 0.3) is 17.1 Å². The Labute approximate surface area is 110 Å². The number of hydrogen-bond acceptors (Lipinski definition) is 3. The number of pyridine rings is 1. The molecule has 90 valence electrons. The van der Waals surface area contributed by atoms with Crippen molar-refractivity contribution in [3.63, 3.8) is 0 Å². The second-order valence-electron chi connectivity index (χ2n) is 3.99. The zero-order valence-corrected chi connectivity index (χ0v) is 10.1. The van der Waals surface area contributed by atoms with Crippen LogP contribution in [-0.4, -0.2) is 14.8 Å². The van der Waals surface area contributed by atoms with E-state index in [0.29, 0.717) is 5.69 Å². The largest absolute Gasteiger partial charge is 0.255 e. The van der Waals surface area contributed by atoms with Gasteiger partial charge in [0.05, 0.1) is 17.1 Å². The molecule has 2 heterocycles. The van der Waals surface area contributed by atoms with E-state index in [1.165, 1.54) is 0 Å². The molecular formula is C15H10N4. The predicted octanol–water partition coefficient (Wildman–Crippen LogP) is 2.81. The zero-order chi connectivity index (χ0) is 13.1. The minimum absolute atomic E-state index is 0.379. The van der Waals surface area contributed by atoms with Crippen LogP contribution in [0.15, 0.2) is 60.8 Å². The fraction of sp³-hybridized carbons (Fsp3) is 0. The van der Waals surface area contributed by atoms with E-state index in [1.54, 1.807) is 16.9 Å². The van der Waals surface area contributed by atoms with Gasteiger partial charge in [0.1, 0.15) is 6.07 Å². The molecule has 0 aliphatic rings. The molecule has 0 saturated heterocycles. The molecular weight excluding hydrogens is 236 g/mol. The standard InChI is InChI=1S/C15H10N4/c16-11-12-10-15(14-8-4-5-9-17-14)19(18-12)13-6-2-1-3-7-13/h1-10H. The normalized spacial score (nSPS) is 10.1. The van der Waals surface area contributed by atoms with Crippen molar-refractivity contribution in [1.82, 2.24) is 14.8 Å². The number of para-hydroxylation sites is 1. The number of rotatable bonds is 2. The molecule has 2 aromatic heterocycles. The number of hydrogen-bond donors (Lipinski definition) is 0. The van der Waals surface area contributed by atoms with Gasteiger partial charge in [-0.3, -0.25) is 4.98 Å². The van der Waals surface area contributed by atoms with Crippen LogP contribution in [0.3, 0.4) is 0 Å². The summed E-state index contributed by atoms with van der Waals surface area (Å²) in [6.07, 6.45) is 1.73. The SMILES string of the molecule is N#Cc1cc(-c2ccccn2)n(-c2ccccc2)n1. The van der Waals surface area contributed by atoms with E-state index in [1.807, 2.05) is 48.5 Å². The third-order valence-electron chi connectivity index (χ3n) is 2.75. The van der Waals surface area contributed by atoms with E-state index in [9.17, 15) is 0 Å². The average molecular weight is 246 g/mol. The Morgan fingerprint density at radius 3 is 2.47 bits per heavy atom. The molecule has 0 saturated carbocycles. The maximum atomic E-state index is 9.02. The topological polar surface area (TPSA) is 54.5 Å². The Morgan fingerprint density at radius 1 is 1.00 bits per heavy atom. The zero-order valence-electron chi connectivity index (χ0n) is 10.1. The molecule has 3 rings (SSSR count). The molecule has 0 aliphatic heterocycles. The van der Waals surface area contributed by atoms with Gasteiger partial charge in [-0.2, -0.15) is 10.4 Å². The van der Waals surface area contributed by atoms with Gasteiger partial charge in [-0.1, -0.05) is 24.3 Å². The van der Waals surface area contributed by atoms with Crippen molar-refractivity contribution in [2.75, 3.05) is 0 Å². The fourth-order valence-electron chi connectivity index (χ4n) is 1.90. The highest BCUT2D eigenvalue weighted by atomic mass is 15.3. The van der Waals surface area contributed by atoms with Crippen molar-refractivity contribution in [2.24, 2.45) is 0 Å². The Hall–Kier alpha value is -2.93. The van der Waals surface area contributed by atoms with Crippen molar-refractivity contribution in [3.8, 4) is 23.1 Å². The lowest BCUT2D eigenvalue weighted by molar-refractivity contribution is 0.877. The summed E-state index contributed by atoms with van der Waals surface area (Å²) in [7, 11) is 0. The van der Waals surface area contributed by atoms with E-state index in [-0.39, 0.29) is 0 Å². The maximum absolute atomic E-state index is 9.02. The number of nitrogens with zero attached hydrogens (tertiary/aromatic N) is 4. The maximum Gasteiger partial charge on any atom is 0.163 e. The highest BCUT2D eigenvalue weighted by Gasteiger charge is 2.11. The minimum Gasteiger partial charge on any atom is -0.255 e. The van der Waals surface area contributed by atoms with Gasteiger partial charge >= 0.3 is 0 Å². The van der Waals surface area contributed by atoms with Crippen molar-refractivity contribution >= 4 is 0 Å².